The molecule has 0 radical (unpaired) electrons. The molecular formula is C13H16N2O2S. The third-order valence-electron chi connectivity index (χ3n) is 2.88. The highest BCUT2D eigenvalue weighted by Crippen LogP contribution is 2.23. The minimum Gasteiger partial charge on any atom is -0.199 e. The van der Waals surface area contributed by atoms with Crippen LogP contribution in [0.4, 0.5) is 0 Å². The van der Waals surface area contributed by atoms with Crippen molar-refractivity contribution in [1.82, 2.24) is 9.19 Å². The third-order valence-corrected chi connectivity index (χ3v) is 4.59. The predicted octanol–water partition coefficient (Wildman–Crippen LogP) is 2.55. The second-order valence-corrected chi connectivity index (χ2v) is 6.33. The Morgan fingerprint density at radius 1 is 1.28 bits per heavy atom. The first-order chi connectivity index (χ1) is 8.43. The summed E-state index contributed by atoms with van der Waals surface area (Å²) in [4.78, 5) is 0.317. The van der Waals surface area contributed by atoms with E-state index in [9.17, 15) is 8.42 Å². The lowest BCUT2D eigenvalue weighted by Gasteiger charge is -2.11. The molecule has 0 unspecified atom stereocenters. The van der Waals surface area contributed by atoms with Gasteiger partial charge in [-0.25, -0.2) is 0 Å². The van der Waals surface area contributed by atoms with E-state index in [1.54, 1.807) is 19.1 Å². The van der Waals surface area contributed by atoms with Gasteiger partial charge >= 0.3 is 0 Å². The fourth-order valence-electron chi connectivity index (χ4n) is 1.75. The zero-order valence-electron chi connectivity index (χ0n) is 10.7. The van der Waals surface area contributed by atoms with Gasteiger partial charge in [0.15, 0.2) is 0 Å². The van der Waals surface area contributed by atoms with Crippen molar-refractivity contribution in [3.8, 4) is 0 Å². The molecule has 0 bridgehead atoms. The average molecular weight is 264 g/mol. The molecule has 0 saturated carbocycles. The Morgan fingerprint density at radius 2 is 2.00 bits per heavy atom. The number of aromatic nitrogens is 2. The number of benzene rings is 1. The minimum atomic E-state index is -3.58. The van der Waals surface area contributed by atoms with Gasteiger partial charge in [0.1, 0.15) is 0 Å². The van der Waals surface area contributed by atoms with Crippen LogP contribution in [0, 0.1) is 6.92 Å². The van der Waals surface area contributed by atoms with E-state index in [0.717, 1.165) is 15.2 Å². The zero-order valence-corrected chi connectivity index (χ0v) is 11.5. The fraction of sp³-hybridized carbons (Fsp3) is 0.308. The summed E-state index contributed by atoms with van der Waals surface area (Å²) in [6.45, 7) is 5.87. The maximum absolute atomic E-state index is 12.4. The van der Waals surface area contributed by atoms with E-state index in [4.69, 9.17) is 0 Å². The van der Waals surface area contributed by atoms with Crippen molar-refractivity contribution in [3.05, 3.63) is 47.8 Å². The molecule has 5 heteroatoms. The lowest BCUT2D eigenvalue weighted by Crippen LogP contribution is -2.15. The van der Waals surface area contributed by atoms with E-state index in [-0.39, 0.29) is 5.92 Å². The zero-order chi connectivity index (χ0) is 13.3. The predicted molar refractivity (Wildman–Crippen MR) is 70.1 cm³/mol. The van der Waals surface area contributed by atoms with Crippen molar-refractivity contribution in [2.24, 2.45) is 0 Å². The van der Waals surface area contributed by atoms with Gasteiger partial charge in [-0.3, -0.25) is 0 Å². The molecule has 0 atom stereocenters. The first-order valence-electron chi connectivity index (χ1n) is 5.78. The number of hydrogen-bond donors (Lipinski definition) is 0. The number of aryl methyl sites for hydroxylation is 1. The normalized spacial score (nSPS) is 12.0. The molecule has 2 rings (SSSR count). The van der Waals surface area contributed by atoms with Gasteiger partial charge in [0.25, 0.3) is 10.0 Å². The van der Waals surface area contributed by atoms with E-state index < -0.39 is 10.0 Å². The molecule has 2 aromatic rings. The fourth-order valence-corrected chi connectivity index (χ4v) is 3.12. The number of rotatable bonds is 3. The SMILES string of the molecule is Cc1ccc(C(C)C)cc1S(=O)(=O)n1cccn1. The highest BCUT2D eigenvalue weighted by Gasteiger charge is 2.20. The van der Waals surface area contributed by atoms with Gasteiger partial charge in [-0.2, -0.15) is 17.6 Å². The summed E-state index contributed by atoms with van der Waals surface area (Å²) >= 11 is 0. The molecule has 0 spiro atoms. The minimum absolute atomic E-state index is 0.289. The number of nitrogens with zero attached hydrogens (tertiary/aromatic N) is 2. The van der Waals surface area contributed by atoms with Gasteiger partial charge in [-0.05, 0) is 36.1 Å². The average Bonchev–Trinajstić information content (AvgIpc) is 2.82. The Balaban J connectivity index is 2.61. The molecule has 0 aliphatic heterocycles. The van der Waals surface area contributed by atoms with E-state index in [1.807, 2.05) is 26.0 Å². The summed E-state index contributed by atoms with van der Waals surface area (Å²) in [7, 11) is -3.58. The largest absolute Gasteiger partial charge is 0.283 e. The topological polar surface area (TPSA) is 52.0 Å². The molecule has 0 aliphatic carbocycles. The maximum atomic E-state index is 12.4. The second-order valence-electron chi connectivity index (χ2n) is 4.56. The lowest BCUT2D eigenvalue weighted by atomic mass is 10.0. The van der Waals surface area contributed by atoms with Gasteiger partial charge in [0.2, 0.25) is 0 Å². The van der Waals surface area contributed by atoms with Crippen molar-refractivity contribution in [2.75, 3.05) is 0 Å². The first kappa shape index (κ1) is 12.8. The summed E-state index contributed by atoms with van der Waals surface area (Å²) in [5.74, 6) is 0.289. The quantitative estimate of drug-likeness (QED) is 0.856. The molecule has 1 heterocycles. The van der Waals surface area contributed by atoms with Crippen molar-refractivity contribution >= 4 is 10.0 Å². The van der Waals surface area contributed by atoms with E-state index in [0.29, 0.717) is 4.90 Å². The van der Waals surface area contributed by atoms with Crippen LogP contribution in [0.25, 0.3) is 0 Å². The van der Waals surface area contributed by atoms with Crippen molar-refractivity contribution < 1.29 is 8.42 Å². The van der Waals surface area contributed by atoms with E-state index in [2.05, 4.69) is 5.10 Å². The molecule has 1 aromatic heterocycles. The highest BCUT2D eigenvalue weighted by molar-refractivity contribution is 7.89. The van der Waals surface area contributed by atoms with Crippen LogP contribution < -0.4 is 0 Å². The van der Waals surface area contributed by atoms with Crippen molar-refractivity contribution in [2.45, 2.75) is 31.6 Å². The van der Waals surface area contributed by atoms with Crippen LogP contribution in [0.5, 0.6) is 0 Å². The van der Waals surface area contributed by atoms with Crippen molar-refractivity contribution in [1.29, 1.82) is 0 Å². The van der Waals surface area contributed by atoms with Crippen LogP contribution in [-0.2, 0) is 10.0 Å². The summed E-state index contributed by atoms with van der Waals surface area (Å²) in [6.07, 6.45) is 2.90. The molecule has 0 saturated heterocycles. The van der Waals surface area contributed by atoms with Gasteiger partial charge in [0, 0.05) is 6.20 Å². The molecule has 1 aromatic carbocycles. The van der Waals surface area contributed by atoms with Crippen LogP contribution in [0.2, 0.25) is 0 Å². The molecule has 96 valence electrons. The van der Waals surface area contributed by atoms with Crippen LogP contribution in [-0.4, -0.2) is 17.6 Å². The highest BCUT2D eigenvalue weighted by atomic mass is 32.2. The first-order valence-corrected chi connectivity index (χ1v) is 7.22. The Kier molecular flexibility index (Phi) is 3.26. The summed E-state index contributed by atoms with van der Waals surface area (Å²) < 4.78 is 25.8. The van der Waals surface area contributed by atoms with E-state index >= 15 is 0 Å². The van der Waals surface area contributed by atoms with Crippen molar-refractivity contribution in [3.63, 3.8) is 0 Å². The third kappa shape index (κ3) is 2.18. The second kappa shape index (κ2) is 4.57. The van der Waals surface area contributed by atoms with Gasteiger partial charge in [-0.1, -0.05) is 26.0 Å². The monoisotopic (exact) mass is 264 g/mol. The molecule has 0 amide bonds. The summed E-state index contributed by atoms with van der Waals surface area (Å²) in [6, 6.07) is 7.13. The van der Waals surface area contributed by atoms with E-state index in [1.165, 1.54) is 12.4 Å². The molecule has 0 N–H and O–H groups in total. The Morgan fingerprint density at radius 3 is 2.56 bits per heavy atom. The van der Waals surface area contributed by atoms with Crippen LogP contribution in [0.3, 0.4) is 0 Å². The number of hydrogen-bond acceptors (Lipinski definition) is 3. The van der Waals surface area contributed by atoms with Crippen LogP contribution in [0.15, 0.2) is 41.6 Å². The molecule has 0 aliphatic rings. The van der Waals surface area contributed by atoms with Crippen LogP contribution in [0.1, 0.15) is 30.9 Å². The molecular weight excluding hydrogens is 248 g/mol. The summed E-state index contributed by atoms with van der Waals surface area (Å²) in [5.41, 5.74) is 1.74. The Hall–Kier alpha value is -1.62. The lowest BCUT2D eigenvalue weighted by molar-refractivity contribution is 0.579. The van der Waals surface area contributed by atoms with Gasteiger partial charge < -0.3 is 0 Å². The smallest absolute Gasteiger partial charge is 0.199 e. The Labute approximate surface area is 107 Å². The maximum Gasteiger partial charge on any atom is 0.283 e. The molecule has 4 nitrogen and oxygen atoms in total. The van der Waals surface area contributed by atoms with Gasteiger partial charge in [-0.15, -0.1) is 0 Å². The standard InChI is InChI=1S/C13H16N2O2S/c1-10(2)12-6-5-11(3)13(9-12)18(16,17)15-8-4-7-14-15/h4-10H,1-3H3. The molecule has 0 fully saturated rings. The van der Waals surface area contributed by atoms with Crippen LogP contribution >= 0.6 is 0 Å². The van der Waals surface area contributed by atoms with Gasteiger partial charge in [0.05, 0.1) is 11.1 Å². The Bertz CT molecular complexity index is 644. The summed E-state index contributed by atoms with van der Waals surface area (Å²) in [5, 5.41) is 3.81. The molecule has 18 heavy (non-hydrogen) atoms.